The maximum Gasteiger partial charge on any atom is 0.338 e. The first-order valence-electron chi connectivity index (χ1n) is 18.5. The first-order chi connectivity index (χ1) is 24.5. The molecule has 1 aromatic rings. The van der Waals surface area contributed by atoms with Crippen molar-refractivity contribution in [2.75, 3.05) is 13.2 Å². The van der Waals surface area contributed by atoms with Gasteiger partial charge in [-0.3, -0.25) is 0 Å². The summed E-state index contributed by atoms with van der Waals surface area (Å²) in [6.45, 7) is 4.69. The molecule has 0 amide bonds. The highest BCUT2D eigenvalue weighted by molar-refractivity contribution is 5.89. The molecule has 51 heavy (non-hydrogen) atoms. The second-order valence-corrected chi connectivity index (χ2v) is 14.4. The Labute approximate surface area is 299 Å². The van der Waals surface area contributed by atoms with E-state index in [1.165, 1.54) is 0 Å². The number of hydrogen-bond acceptors (Lipinski definition) is 14. The Hall–Kier alpha value is -2.24. The van der Waals surface area contributed by atoms with Gasteiger partial charge in [0.2, 0.25) is 0 Å². The smallest absolute Gasteiger partial charge is 0.338 e. The van der Waals surface area contributed by atoms with Crippen molar-refractivity contribution in [2.45, 2.75) is 158 Å². The minimum atomic E-state index is -1.54. The van der Waals surface area contributed by atoms with Crippen LogP contribution in [-0.2, 0) is 38.0 Å². The van der Waals surface area contributed by atoms with Gasteiger partial charge in [-0.25, -0.2) is 9.59 Å². The molecule has 5 rings (SSSR count). The zero-order valence-electron chi connectivity index (χ0n) is 29.7. The van der Waals surface area contributed by atoms with E-state index in [0.29, 0.717) is 12.8 Å². The Kier molecular flexibility index (Phi) is 14.6. The standard InChI is InChI=1S/C37H56O14/c1-4-45-35(44)25(18-22-13-7-5-8-14-22)47-32-28(40)26(19-38)49-37(33(32)50-34(43)23-15-9-6-10-16-23)48-24-17-11-12-20(2)31(24)51-36-30(42)29(41)27(39)21(3)46-36/h6,9-10,15-16,20-22,24-33,36-42H,4-5,7-8,11-14,17-19H2,1-3H3/t20-,21-,24+,25-,26+,27+,28-,29+,30-,31-,32-,33+,36?,37+/m0/s1. The third-order valence-electron chi connectivity index (χ3n) is 10.7. The number of benzene rings is 1. The van der Waals surface area contributed by atoms with Crippen molar-refractivity contribution in [1.29, 1.82) is 0 Å². The highest BCUT2D eigenvalue weighted by Crippen LogP contribution is 2.37. The van der Waals surface area contributed by atoms with E-state index in [1.807, 2.05) is 6.92 Å². The Morgan fingerprint density at radius 3 is 2.22 bits per heavy atom. The molecule has 1 unspecified atom stereocenters. The molecule has 2 aliphatic carbocycles. The number of esters is 2. The van der Waals surface area contributed by atoms with Crippen LogP contribution in [0.15, 0.2) is 30.3 Å². The quantitative estimate of drug-likeness (QED) is 0.185. The Bertz CT molecular complexity index is 1230. The molecule has 4 aliphatic rings. The molecule has 14 atom stereocenters. The summed E-state index contributed by atoms with van der Waals surface area (Å²) in [5.41, 5.74) is 0.226. The molecule has 2 saturated carbocycles. The first kappa shape index (κ1) is 40.0. The number of ether oxygens (including phenoxy) is 7. The predicted molar refractivity (Wildman–Crippen MR) is 179 cm³/mol. The molecule has 0 spiro atoms. The molecule has 2 aliphatic heterocycles. The fourth-order valence-electron chi connectivity index (χ4n) is 7.71. The first-order valence-corrected chi connectivity index (χ1v) is 18.5. The maximum atomic E-state index is 13.6. The van der Waals surface area contributed by atoms with Crippen molar-refractivity contribution < 1.29 is 68.3 Å². The second kappa shape index (κ2) is 18.7. The zero-order chi connectivity index (χ0) is 36.7. The molecule has 288 valence electrons. The molecular weight excluding hydrogens is 668 g/mol. The van der Waals surface area contributed by atoms with Gasteiger partial charge in [0.05, 0.1) is 37.1 Å². The number of aliphatic hydroxyl groups is 5. The molecule has 1 aromatic carbocycles. The third kappa shape index (κ3) is 9.85. The van der Waals surface area contributed by atoms with Gasteiger partial charge in [-0.05, 0) is 57.1 Å². The van der Waals surface area contributed by atoms with E-state index in [4.69, 9.17) is 33.2 Å². The van der Waals surface area contributed by atoms with Crippen LogP contribution in [0.4, 0.5) is 0 Å². The monoisotopic (exact) mass is 724 g/mol. The highest BCUT2D eigenvalue weighted by atomic mass is 16.7. The van der Waals surface area contributed by atoms with E-state index in [2.05, 4.69) is 0 Å². The summed E-state index contributed by atoms with van der Waals surface area (Å²) in [5, 5.41) is 53.3. The lowest BCUT2D eigenvalue weighted by Crippen LogP contribution is -2.64. The van der Waals surface area contributed by atoms with Crippen LogP contribution in [0.3, 0.4) is 0 Å². The third-order valence-corrected chi connectivity index (χ3v) is 10.7. The van der Waals surface area contributed by atoms with E-state index in [1.54, 1.807) is 44.2 Å². The summed E-state index contributed by atoms with van der Waals surface area (Å²) in [4.78, 5) is 26.9. The van der Waals surface area contributed by atoms with Gasteiger partial charge in [-0.2, -0.15) is 0 Å². The van der Waals surface area contributed by atoms with E-state index in [9.17, 15) is 35.1 Å². The molecular formula is C37H56O14. The lowest BCUT2D eigenvalue weighted by molar-refractivity contribution is -0.348. The molecule has 14 heteroatoms. The van der Waals surface area contributed by atoms with E-state index < -0.39 is 98.3 Å². The minimum Gasteiger partial charge on any atom is -0.464 e. The van der Waals surface area contributed by atoms with Crippen LogP contribution in [0, 0.1) is 11.8 Å². The van der Waals surface area contributed by atoms with Gasteiger partial charge in [0.25, 0.3) is 0 Å². The summed E-state index contributed by atoms with van der Waals surface area (Å²) in [5.74, 6) is -1.28. The van der Waals surface area contributed by atoms with Crippen LogP contribution in [0.5, 0.6) is 0 Å². The number of carbonyl (C=O) groups excluding carboxylic acids is 2. The summed E-state index contributed by atoms with van der Waals surface area (Å²) < 4.78 is 42.5. The van der Waals surface area contributed by atoms with E-state index >= 15 is 0 Å². The highest BCUT2D eigenvalue weighted by Gasteiger charge is 2.53. The van der Waals surface area contributed by atoms with Gasteiger partial charge < -0.3 is 58.7 Å². The molecule has 0 radical (unpaired) electrons. The normalized spacial score (nSPS) is 38.5. The van der Waals surface area contributed by atoms with Crippen LogP contribution in [0.2, 0.25) is 0 Å². The summed E-state index contributed by atoms with van der Waals surface area (Å²) in [6.07, 6.45) is -8.59. The average Bonchev–Trinajstić information content (AvgIpc) is 3.13. The molecule has 14 nitrogen and oxygen atoms in total. The average molecular weight is 725 g/mol. The van der Waals surface area contributed by atoms with Gasteiger partial charge in [0, 0.05) is 0 Å². The van der Waals surface area contributed by atoms with Crippen LogP contribution >= 0.6 is 0 Å². The van der Waals surface area contributed by atoms with Gasteiger partial charge in [-0.1, -0.05) is 63.6 Å². The van der Waals surface area contributed by atoms with Crippen molar-refractivity contribution >= 4 is 11.9 Å². The molecule has 2 saturated heterocycles. The molecule has 2 heterocycles. The predicted octanol–water partition coefficient (Wildman–Crippen LogP) is 2.00. The van der Waals surface area contributed by atoms with Crippen molar-refractivity contribution in [3.05, 3.63) is 35.9 Å². The molecule has 4 fully saturated rings. The van der Waals surface area contributed by atoms with Gasteiger partial charge in [0.1, 0.15) is 36.6 Å². The minimum absolute atomic E-state index is 0.118. The molecule has 0 bridgehead atoms. The Morgan fingerprint density at radius 2 is 1.53 bits per heavy atom. The Balaban J connectivity index is 1.44. The SMILES string of the molecule is CCOC(=O)[C@H](CC1CCCCC1)O[C@H]1[C@@H](O)[C@@H](CO)O[C@@H](O[C@@H]2CCC[C@H](C)[C@@H]2OC2O[C@@H](C)[C@@H](O)[C@@H](O)[C@@H]2O)[C@@H]1OC(=O)c1ccccc1. The number of rotatable bonds is 13. The molecule has 0 aromatic heterocycles. The lowest BCUT2D eigenvalue weighted by Gasteiger charge is -2.47. The fourth-order valence-corrected chi connectivity index (χ4v) is 7.71. The van der Waals surface area contributed by atoms with E-state index in [-0.39, 0.29) is 24.0 Å². The zero-order valence-corrected chi connectivity index (χ0v) is 29.7. The Morgan fingerprint density at radius 1 is 0.804 bits per heavy atom. The number of carbonyl (C=O) groups is 2. The van der Waals surface area contributed by atoms with Crippen molar-refractivity contribution in [2.24, 2.45) is 11.8 Å². The van der Waals surface area contributed by atoms with Crippen molar-refractivity contribution in [3.8, 4) is 0 Å². The fraction of sp³-hybridized carbons (Fsp3) is 0.784. The van der Waals surface area contributed by atoms with Gasteiger partial charge in [-0.15, -0.1) is 0 Å². The number of aliphatic hydroxyl groups excluding tert-OH is 5. The van der Waals surface area contributed by atoms with Gasteiger partial charge >= 0.3 is 11.9 Å². The van der Waals surface area contributed by atoms with Crippen molar-refractivity contribution in [3.63, 3.8) is 0 Å². The van der Waals surface area contributed by atoms with Crippen molar-refractivity contribution in [1.82, 2.24) is 0 Å². The summed E-state index contributed by atoms with van der Waals surface area (Å²) in [6, 6.07) is 8.25. The van der Waals surface area contributed by atoms with Crippen LogP contribution < -0.4 is 0 Å². The maximum absolute atomic E-state index is 13.6. The van der Waals surface area contributed by atoms with Crippen LogP contribution in [0.1, 0.15) is 88.9 Å². The summed E-state index contributed by atoms with van der Waals surface area (Å²) >= 11 is 0. The topological polar surface area (TPSA) is 200 Å². The van der Waals surface area contributed by atoms with E-state index in [0.717, 1.165) is 44.9 Å². The van der Waals surface area contributed by atoms with Crippen LogP contribution in [-0.4, -0.2) is 130 Å². The van der Waals surface area contributed by atoms with Gasteiger partial charge in [0.15, 0.2) is 24.8 Å². The largest absolute Gasteiger partial charge is 0.464 e. The summed E-state index contributed by atoms with van der Waals surface area (Å²) in [7, 11) is 0. The molecule has 5 N–H and O–H groups in total. The second-order valence-electron chi connectivity index (χ2n) is 14.4. The van der Waals surface area contributed by atoms with Crippen LogP contribution in [0.25, 0.3) is 0 Å². The lowest BCUT2D eigenvalue weighted by atomic mass is 9.85. The number of hydrogen-bond donors (Lipinski definition) is 5.